The summed E-state index contributed by atoms with van der Waals surface area (Å²) in [7, 11) is 1.23. The maximum Gasteiger partial charge on any atom is 0.319 e. The van der Waals surface area contributed by atoms with Gasteiger partial charge in [-0.05, 0) is 6.92 Å². The standard InChI is InChI=1S/C7H13N3O4/c1-4(6(12)10-7(8)13)9-3-5(11)14-2/h4,9H,3H2,1-2H3,(H3,8,10,12,13). The summed E-state index contributed by atoms with van der Waals surface area (Å²) in [5.74, 6) is -1.09. The van der Waals surface area contributed by atoms with Crippen LogP contribution in [0.15, 0.2) is 0 Å². The number of urea groups is 1. The molecule has 0 fully saturated rings. The molecule has 0 aromatic rings. The maximum atomic E-state index is 11.0. The number of methoxy groups -OCH3 is 1. The van der Waals surface area contributed by atoms with E-state index in [4.69, 9.17) is 5.73 Å². The molecule has 0 rings (SSSR count). The van der Waals surface area contributed by atoms with Crippen molar-refractivity contribution in [1.82, 2.24) is 10.6 Å². The van der Waals surface area contributed by atoms with E-state index in [1.165, 1.54) is 14.0 Å². The second-order valence-electron chi connectivity index (χ2n) is 2.53. The van der Waals surface area contributed by atoms with Gasteiger partial charge in [-0.1, -0.05) is 0 Å². The molecule has 0 saturated carbocycles. The van der Waals surface area contributed by atoms with Crippen molar-refractivity contribution in [2.75, 3.05) is 13.7 Å². The van der Waals surface area contributed by atoms with E-state index in [1.54, 1.807) is 0 Å². The third kappa shape index (κ3) is 5.09. The number of esters is 1. The molecular weight excluding hydrogens is 190 g/mol. The first kappa shape index (κ1) is 12.4. The fourth-order valence-corrected chi connectivity index (χ4v) is 0.631. The van der Waals surface area contributed by atoms with Crippen LogP contribution in [0.4, 0.5) is 4.79 Å². The van der Waals surface area contributed by atoms with Gasteiger partial charge in [-0.3, -0.25) is 20.2 Å². The van der Waals surface area contributed by atoms with Crippen molar-refractivity contribution in [3.05, 3.63) is 0 Å². The van der Waals surface area contributed by atoms with Gasteiger partial charge >= 0.3 is 12.0 Å². The summed E-state index contributed by atoms with van der Waals surface area (Å²) in [6, 6.07) is -1.62. The minimum absolute atomic E-state index is 0.107. The van der Waals surface area contributed by atoms with E-state index in [-0.39, 0.29) is 6.54 Å². The lowest BCUT2D eigenvalue weighted by atomic mass is 10.3. The molecular formula is C7H13N3O4. The molecule has 0 aliphatic heterocycles. The van der Waals surface area contributed by atoms with E-state index in [0.717, 1.165) is 0 Å². The van der Waals surface area contributed by atoms with Gasteiger partial charge in [0.1, 0.15) is 0 Å². The summed E-state index contributed by atoms with van der Waals surface area (Å²) < 4.78 is 4.34. The fourth-order valence-electron chi connectivity index (χ4n) is 0.631. The van der Waals surface area contributed by atoms with Crippen LogP contribution in [-0.4, -0.2) is 37.6 Å². The molecule has 7 heteroatoms. The number of imide groups is 1. The number of primary amides is 1. The van der Waals surface area contributed by atoms with Crippen molar-refractivity contribution < 1.29 is 19.1 Å². The van der Waals surface area contributed by atoms with Gasteiger partial charge in [0.25, 0.3) is 0 Å². The van der Waals surface area contributed by atoms with Gasteiger partial charge in [0.15, 0.2) is 0 Å². The Kier molecular flexibility index (Phi) is 5.23. The molecule has 3 amide bonds. The highest BCUT2D eigenvalue weighted by molar-refractivity contribution is 5.96. The first-order chi connectivity index (χ1) is 6.47. The highest BCUT2D eigenvalue weighted by atomic mass is 16.5. The molecule has 14 heavy (non-hydrogen) atoms. The van der Waals surface area contributed by atoms with E-state index in [2.05, 4.69) is 10.1 Å². The Bertz CT molecular complexity index is 241. The van der Waals surface area contributed by atoms with Crippen molar-refractivity contribution in [3.8, 4) is 0 Å². The molecule has 0 aliphatic carbocycles. The third-order valence-corrected chi connectivity index (χ3v) is 1.42. The van der Waals surface area contributed by atoms with Crippen LogP contribution in [0.25, 0.3) is 0 Å². The Balaban J connectivity index is 3.84. The van der Waals surface area contributed by atoms with E-state index in [1.807, 2.05) is 5.32 Å². The Morgan fingerprint density at radius 3 is 2.43 bits per heavy atom. The third-order valence-electron chi connectivity index (χ3n) is 1.42. The first-order valence-electron chi connectivity index (χ1n) is 3.88. The Morgan fingerprint density at radius 1 is 1.43 bits per heavy atom. The first-order valence-corrected chi connectivity index (χ1v) is 3.88. The topological polar surface area (TPSA) is 111 Å². The second-order valence-corrected chi connectivity index (χ2v) is 2.53. The summed E-state index contributed by atoms with van der Waals surface area (Å²) >= 11 is 0. The number of hydrogen-bond donors (Lipinski definition) is 3. The number of rotatable bonds is 4. The van der Waals surface area contributed by atoms with E-state index in [0.29, 0.717) is 0 Å². The largest absolute Gasteiger partial charge is 0.468 e. The summed E-state index contributed by atoms with van der Waals surface area (Å²) in [6.45, 7) is 1.38. The maximum absolute atomic E-state index is 11.0. The molecule has 1 atom stereocenters. The van der Waals surface area contributed by atoms with Gasteiger partial charge in [0, 0.05) is 0 Å². The lowest BCUT2D eigenvalue weighted by molar-refractivity contribution is -0.139. The molecule has 0 saturated heterocycles. The fraction of sp³-hybridized carbons (Fsp3) is 0.571. The van der Waals surface area contributed by atoms with Crippen molar-refractivity contribution in [2.24, 2.45) is 5.73 Å². The summed E-state index contributed by atoms with van der Waals surface area (Å²) in [5, 5.41) is 4.41. The number of hydrogen-bond acceptors (Lipinski definition) is 5. The van der Waals surface area contributed by atoms with Crippen LogP contribution in [0.5, 0.6) is 0 Å². The Hall–Kier alpha value is -1.63. The molecule has 0 bridgehead atoms. The summed E-state index contributed by atoms with van der Waals surface area (Å²) in [4.78, 5) is 32.0. The van der Waals surface area contributed by atoms with Crippen LogP contribution in [0.1, 0.15) is 6.92 Å². The molecule has 0 heterocycles. The zero-order valence-electron chi connectivity index (χ0n) is 7.99. The van der Waals surface area contributed by atoms with Crippen molar-refractivity contribution in [2.45, 2.75) is 13.0 Å². The number of nitrogens with two attached hydrogens (primary N) is 1. The monoisotopic (exact) mass is 203 g/mol. The highest BCUT2D eigenvalue weighted by Gasteiger charge is 2.14. The summed E-state index contributed by atoms with van der Waals surface area (Å²) in [6.07, 6.45) is 0. The number of carbonyl (C=O) groups is 3. The normalized spacial score (nSPS) is 11.6. The Labute approximate surface area is 81.0 Å². The predicted molar refractivity (Wildman–Crippen MR) is 47.2 cm³/mol. The average Bonchev–Trinajstić information content (AvgIpc) is 2.12. The minimum atomic E-state index is -0.929. The van der Waals surface area contributed by atoms with Gasteiger partial charge < -0.3 is 10.5 Å². The lowest BCUT2D eigenvalue weighted by Crippen LogP contribution is -2.47. The van der Waals surface area contributed by atoms with E-state index in [9.17, 15) is 14.4 Å². The minimum Gasteiger partial charge on any atom is -0.468 e. The zero-order chi connectivity index (χ0) is 11.1. The predicted octanol–water partition coefficient (Wildman–Crippen LogP) is -1.67. The van der Waals surface area contributed by atoms with Crippen LogP contribution in [0.3, 0.4) is 0 Å². The Morgan fingerprint density at radius 2 is 2.00 bits per heavy atom. The van der Waals surface area contributed by atoms with Gasteiger partial charge in [-0.2, -0.15) is 0 Å². The molecule has 80 valence electrons. The van der Waals surface area contributed by atoms with Gasteiger partial charge in [0.2, 0.25) is 5.91 Å². The molecule has 0 aromatic carbocycles. The second kappa shape index (κ2) is 5.92. The van der Waals surface area contributed by atoms with Crippen LogP contribution in [0, 0.1) is 0 Å². The van der Waals surface area contributed by atoms with E-state index >= 15 is 0 Å². The molecule has 0 radical (unpaired) electrons. The smallest absolute Gasteiger partial charge is 0.319 e. The molecule has 0 spiro atoms. The van der Waals surface area contributed by atoms with Crippen LogP contribution < -0.4 is 16.4 Å². The number of carbonyl (C=O) groups excluding carboxylic acids is 3. The zero-order valence-corrected chi connectivity index (χ0v) is 7.99. The van der Waals surface area contributed by atoms with Crippen molar-refractivity contribution in [3.63, 3.8) is 0 Å². The molecule has 0 aliphatic rings. The number of nitrogens with one attached hydrogen (secondary N) is 2. The lowest BCUT2D eigenvalue weighted by Gasteiger charge is -2.10. The molecule has 0 aromatic heterocycles. The van der Waals surface area contributed by atoms with Crippen molar-refractivity contribution in [1.29, 1.82) is 0 Å². The van der Waals surface area contributed by atoms with Gasteiger partial charge in [-0.15, -0.1) is 0 Å². The quantitative estimate of drug-likeness (QED) is 0.473. The van der Waals surface area contributed by atoms with Crippen molar-refractivity contribution >= 4 is 17.9 Å². The van der Waals surface area contributed by atoms with Crippen LogP contribution in [0.2, 0.25) is 0 Å². The number of amides is 3. The number of ether oxygens (including phenoxy) is 1. The van der Waals surface area contributed by atoms with Gasteiger partial charge in [0.05, 0.1) is 19.7 Å². The van der Waals surface area contributed by atoms with Crippen LogP contribution >= 0.6 is 0 Å². The molecule has 4 N–H and O–H groups in total. The SMILES string of the molecule is COC(=O)CNC(C)C(=O)NC(N)=O. The molecule has 1 unspecified atom stereocenters. The van der Waals surface area contributed by atoms with E-state index < -0.39 is 23.9 Å². The van der Waals surface area contributed by atoms with Crippen LogP contribution in [-0.2, 0) is 14.3 Å². The van der Waals surface area contributed by atoms with Gasteiger partial charge in [-0.25, -0.2) is 4.79 Å². The summed E-state index contributed by atoms with van der Waals surface area (Å²) in [5.41, 5.74) is 4.72. The highest BCUT2D eigenvalue weighted by Crippen LogP contribution is 1.81. The molecule has 7 nitrogen and oxygen atoms in total. The average molecular weight is 203 g/mol.